The number of fused-ring (bicyclic) bond motifs is 1. The minimum Gasteiger partial charge on any atom is -0.334 e. The van der Waals surface area contributed by atoms with Gasteiger partial charge in [0.25, 0.3) is 0 Å². The summed E-state index contributed by atoms with van der Waals surface area (Å²) >= 11 is 0. The smallest absolute Gasteiger partial charge is 0.334 e. The van der Waals surface area contributed by atoms with E-state index in [0.29, 0.717) is 5.92 Å². The molecular formula is C15H20N4O. The highest BCUT2D eigenvalue weighted by Gasteiger charge is 2.22. The lowest BCUT2D eigenvalue weighted by molar-refractivity contribution is 0.230. The lowest BCUT2D eigenvalue weighted by atomic mass is 9.86. The van der Waals surface area contributed by atoms with Gasteiger partial charge in [-0.1, -0.05) is 31.9 Å². The van der Waals surface area contributed by atoms with Crippen molar-refractivity contribution in [1.82, 2.24) is 15.0 Å². The van der Waals surface area contributed by atoms with Gasteiger partial charge in [-0.15, -0.1) is 0 Å². The first-order valence-electron chi connectivity index (χ1n) is 7.23. The molecule has 2 aromatic rings. The van der Waals surface area contributed by atoms with Crippen molar-refractivity contribution >= 4 is 17.1 Å². The number of carbonyl (C=O) groups is 1. The zero-order valence-electron chi connectivity index (χ0n) is 11.7. The summed E-state index contributed by atoms with van der Waals surface area (Å²) in [5.74, 6) is 0.550. The van der Waals surface area contributed by atoms with E-state index in [1.165, 1.54) is 19.3 Å². The van der Waals surface area contributed by atoms with Crippen molar-refractivity contribution in [3.8, 4) is 0 Å². The van der Waals surface area contributed by atoms with Gasteiger partial charge in [0.05, 0.1) is 11.0 Å². The summed E-state index contributed by atoms with van der Waals surface area (Å²) in [4.78, 5) is 16.4. The van der Waals surface area contributed by atoms with Crippen LogP contribution in [-0.2, 0) is 0 Å². The lowest BCUT2D eigenvalue weighted by Crippen LogP contribution is -2.45. The standard InChI is InChI=1S/C15H20N4O/c1-11-6-2-3-7-12(11)17-15(20)18-19-10-16-13-8-4-5-9-14(13)19/h4-5,8-12H,2-3,6-7H2,1H3,(H2,17,18,20). The number of amides is 2. The molecule has 1 aliphatic carbocycles. The SMILES string of the molecule is CC1CCCCC1NC(=O)Nn1cnc2ccccc21. The Hall–Kier alpha value is -2.04. The Bertz CT molecular complexity index is 607. The molecular weight excluding hydrogens is 252 g/mol. The van der Waals surface area contributed by atoms with Crippen LogP contribution in [0, 0.1) is 5.92 Å². The van der Waals surface area contributed by atoms with Crippen molar-refractivity contribution in [2.24, 2.45) is 5.92 Å². The van der Waals surface area contributed by atoms with Crippen LogP contribution in [0.5, 0.6) is 0 Å². The van der Waals surface area contributed by atoms with Crippen molar-refractivity contribution in [3.05, 3.63) is 30.6 Å². The number of urea groups is 1. The van der Waals surface area contributed by atoms with Gasteiger partial charge >= 0.3 is 6.03 Å². The van der Waals surface area contributed by atoms with Crippen molar-refractivity contribution in [2.45, 2.75) is 38.6 Å². The van der Waals surface area contributed by atoms with Gasteiger partial charge in [-0.2, -0.15) is 0 Å². The molecule has 0 spiro atoms. The van der Waals surface area contributed by atoms with Crippen LogP contribution in [0.3, 0.4) is 0 Å². The minimum atomic E-state index is -0.160. The van der Waals surface area contributed by atoms with Gasteiger partial charge in [0.1, 0.15) is 6.33 Å². The first kappa shape index (κ1) is 13.0. The number of nitrogens with one attached hydrogen (secondary N) is 2. The Balaban J connectivity index is 1.66. The molecule has 3 rings (SSSR count). The normalized spacial score (nSPS) is 22.6. The first-order valence-corrected chi connectivity index (χ1v) is 7.23. The zero-order valence-corrected chi connectivity index (χ0v) is 11.7. The fourth-order valence-corrected chi connectivity index (χ4v) is 2.89. The molecule has 1 fully saturated rings. The van der Waals surface area contributed by atoms with Crippen LogP contribution in [-0.4, -0.2) is 21.7 Å². The van der Waals surface area contributed by atoms with Gasteiger partial charge in [0, 0.05) is 6.04 Å². The first-order chi connectivity index (χ1) is 9.74. The predicted molar refractivity (Wildman–Crippen MR) is 79.0 cm³/mol. The number of hydrogen-bond acceptors (Lipinski definition) is 2. The summed E-state index contributed by atoms with van der Waals surface area (Å²) in [6.45, 7) is 2.21. The summed E-state index contributed by atoms with van der Waals surface area (Å²) in [7, 11) is 0. The Kier molecular flexibility index (Phi) is 3.58. The van der Waals surface area contributed by atoms with Gasteiger partial charge in [-0.05, 0) is 30.9 Å². The summed E-state index contributed by atoms with van der Waals surface area (Å²) in [5.41, 5.74) is 4.61. The molecule has 0 aliphatic heterocycles. The molecule has 5 nitrogen and oxygen atoms in total. The van der Waals surface area contributed by atoms with E-state index in [2.05, 4.69) is 22.7 Å². The van der Waals surface area contributed by atoms with Crippen LogP contribution < -0.4 is 10.7 Å². The van der Waals surface area contributed by atoms with E-state index < -0.39 is 0 Å². The zero-order chi connectivity index (χ0) is 13.9. The highest BCUT2D eigenvalue weighted by molar-refractivity contribution is 5.85. The topological polar surface area (TPSA) is 59.0 Å². The Labute approximate surface area is 118 Å². The van der Waals surface area contributed by atoms with E-state index >= 15 is 0 Å². The van der Waals surface area contributed by atoms with Crippen LogP contribution in [0.25, 0.3) is 11.0 Å². The maximum atomic E-state index is 12.1. The summed E-state index contributed by atoms with van der Waals surface area (Å²) in [6.07, 6.45) is 6.36. The molecule has 1 heterocycles. The number of benzene rings is 1. The Morgan fingerprint density at radius 1 is 1.30 bits per heavy atom. The third kappa shape index (κ3) is 2.61. The van der Waals surface area contributed by atoms with Crippen molar-refractivity contribution in [3.63, 3.8) is 0 Å². The predicted octanol–water partition coefficient (Wildman–Crippen LogP) is 2.87. The monoisotopic (exact) mass is 272 g/mol. The number of aromatic nitrogens is 2. The lowest BCUT2D eigenvalue weighted by Gasteiger charge is -2.29. The fourth-order valence-electron chi connectivity index (χ4n) is 2.89. The molecule has 106 valence electrons. The van der Waals surface area contributed by atoms with Crippen LogP contribution in [0.15, 0.2) is 30.6 Å². The molecule has 1 aromatic carbocycles. The molecule has 0 bridgehead atoms. The van der Waals surface area contributed by atoms with Crippen molar-refractivity contribution in [2.75, 3.05) is 5.43 Å². The largest absolute Gasteiger partial charge is 0.334 e. The molecule has 5 heteroatoms. The molecule has 2 atom stereocenters. The molecule has 1 saturated carbocycles. The summed E-state index contributed by atoms with van der Waals surface area (Å²) < 4.78 is 1.66. The highest BCUT2D eigenvalue weighted by atomic mass is 16.2. The molecule has 2 N–H and O–H groups in total. The van der Waals surface area contributed by atoms with Gasteiger partial charge in [0.15, 0.2) is 0 Å². The van der Waals surface area contributed by atoms with Gasteiger partial charge in [-0.3, -0.25) is 0 Å². The molecule has 0 radical (unpaired) electrons. The second-order valence-electron chi connectivity index (χ2n) is 5.56. The van der Waals surface area contributed by atoms with E-state index in [1.54, 1.807) is 11.0 Å². The van der Waals surface area contributed by atoms with Crippen molar-refractivity contribution < 1.29 is 4.79 Å². The van der Waals surface area contributed by atoms with Crippen molar-refractivity contribution in [1.29, 1.82) is 0 Å². The molecule has 1 aliphatic rings. The summed E-state index contributed by atoms with van der Waals surface area (Å²) in [6, 6.07) is 7.85. The van der Waals surface area contributed by atoms with E-state index in [-0.39, 0.29) is 12.1 Å². The Morgan fingerprint density at radius 3 is 2.95 bits per heavy atom. The summed E-state index contributed by atoms with van der Waals surface area (Å²) in [5, 5.41) is 3.07. The van der Waals surface area contributed by atoms with Gasteiger partial charge < -0.3 is 5.32 Å². The highest BCUT2D eigenvalue weighted by Crippen LogP contribution is 2.23. The average molecular weight is 272 g/mol. The molecule has 2 unspecified atom stereocenters. The number of para-hydroxylation sites is 2. The maximum Gasteiger partial charge on any atom is 0.334 e. The van der Waals surface area contributed by atoms with E-state index in [9.17, 15) is 4.79 Å². The average Bonchev–Trinajstić information content (AvgIpc) is 2.85. The number of imidazole rings is 1. The van der Waals surface area contributed by atoms with Gasteiger partial charge in [0.2, 0.25) is 0 Å². The second-order valence-corrected chi connectivity index (χ2v) is 5.56. The molecule has 2 amide bonds. The van der Waals surface area contributed by atoms with Crippen LogP contribution in [0.4, 0.5) is 4.79 Å². The number of hydrogen-bond donors (Lipinski definition) is 2. The fraction of sp³-hybridized carbons (Fsp3) is 0.467. The molecule has 1 aromatic heterocycles. The Morgan fingerprint density at radius 2 is 2.10 bits per heavy atom. The molecule has 0 saturated heterocycles. The van der Waals surface area contributed by atoms with Crippen LogP contribution >= 0.6 is 0 Å². The second kappa shape index (κ2) is 5.53. The quantitative estimate of drug-likeness (QED) is 0.883. The van der Waals surface area contributed by atoms with E-state index in [4.69, 9.17) is 0 Å². The molecule has 20 heavy (non-hydrogen) atoms. The van der Waals surface area contributed by atoms with Gasteiger partial charge in [-0.25, -0.2) is 19.9 Å². The third-order valence-electron chi connectivity index (χ3n) is 4.10. The van der Waals surface area contributed by atoms with E-state index in [1.807, 2.05) is 24.3 Å². The maximum absolute atomic E-state index is 12.1. The van der Waals surface area contributed by atoms with Crippen LogP contribution in [0.1, 0.15) is 32.6 Å². The number of carbonyl (C=O) groups excluding carboxylic acids is 1. The third-order valence-corrected chi connectivity index (χ3v) is 4.10. The van der Waals surface area contributed by atoms with Crippen LogP contribution in [0.2, 0.25) is 0 Å². The van der Waals surface area contributed by atoms with E-state index in [0.717, 1.165) is 17.5 Å². The number of rotatable bonds is 2. The number of nitrogens with zero attached hydrogens (tertiary/aromatic N) is 2. The minimum absolute atomic E-state index is 0.160.